The quantitative estimate of drug-likeness (QED) is 0.574. The summed E-state index contributed by atoms with van der Waals surface area (Å²) in [5.74, 6) is 0.982. The third-order valence-corrected chi connectivity index (χ3v) is 3.17. The predicted octanol–water partition coefficient (Wildman–Crippen LogP) is 4.16. The van der Waals surface area contributed by atoms with E-state index in [2.05, 4.69) is 23.6 Å². The highest BCUT2D eigenvalue weighted by molar-refractivity contribution is 7.17. The molecule has 3 aromatic rings. The number of hydrogen-bond acceptors (Lipinski definition) is 2. The van der Waals surface area contributed by atoms with Gasteiger partial charge in [-0.25, -0.2) is 0 Å². The van der Waals surface area contributed by atoms with E-state index in [0.29, 0.717) is 0 Å². The molecular formula is C12H8OS. The summed E-state index contributed by atoms with van der Waals surface area (Å²) in [5.41, 5.74) is 1.14. The normalized spacial score (nSPS) is 10.9. The van der Waals surface area contributed by atoms with E-state index in [-0.39, 0.29) is 0 Å². The number of benzene rings is 1. The molecule has 1 nitrogen and oxygen atoms in total. The smallest absolute Gasteiger partial charge is 0.151 e. The van der Waals surface area contributed by atoms with Crippen LogP contribution in [0.4, 0.5) is 0 Å². The first-order valence-corrected chi connectivity index (χ1v) is 5.33. The Morgan fingerprint density at radius 1 is 1.00 bits per heavy atom. The molecule has 0 saturated carbocycles. The molecule has 0 radical (unpaired) electrons. The fourth-order valence-corrected chi connectivity index (χ4v) is 2.44. The molecule has 2 heteroatoms. The van der Waals surface area contributed by atoms with Gasteiger partial charge in [-0.1, -0.05) is 30.3 Å². The number of thiophene rings is 1. The zero-order chi connectivity index (χ0) is 9.38. The summed E-state index contributed by atoms with van der Waals surface area (Å²) < 4.78 is 6.78. The molecule has 0 spiro atoms. The van der Waals surface area contributed by atoms with Crippen LogP contribution in [0.3, 0.4) is 0 Å². The topological polar surface area (TPSA) is 13.1 Å². The summed E-state index contributed by atoms with van der Waals surface area (Å²) in [6.07, 6.45) is 1.81. The van der Waals surface area contributed by atoms with Crippen molar-refractivity contribution in [2.45, 2.75) is 0 Å². The van der Waals surface area contributed by atoms with E-state index >= 15 is 0 Å². The third kappa shape index (κ3) is 1.08. The van der Waals surface area contributed by atoms with Gasteiger partial charge in [0, 0.05) is 10.9 Å². The van der Waals surface area contributed by atoms with Crippen molar-refractivity contribution in [1.29, 1.82) is 0 Å². The Labute approximate surface area is 85.6 Å². The average molecular weight is 200 g/mol. The lowest BCUT2D eigenvalue weighted by Gasteiger charge is -1.94. The fourth-order valence-electron chi connectivity index (χ4n) is 1.56. The van der Waals surface area contributed by atoms with Crippen LogP contribution in [0.1, 0.15) is 0 Å². The van der Waals surface area contributed by atoms with Crippen LogP contribution in [0.25, 0.3) is 21.4 Å². The predicted molar refractivity (Wildman–Crippen MR) is 59.5 cm³/mol. The van der Waals surface area contributed by atoms with Crippen LogP contribution < -0.4 is 0 Å². The summed E-state index contributed by atoms with van der Waals surface area (Å²) in [6, 6.07) is 12.3. The van der Waals surface area contributed by atoms with Crippen molar-refractivity contribution >= 4 is 21.4 Å². The minimum absolute atomic E-state index is 0.982. The Balaban J connectivity index is 2.28. The molecule has 0 aliphatic heterocycles. The Morgan fingerprint density at radius 3 is 2.71 bits per heavy atom. The number of hydrogen-bond donors (Lipinski definition) is 0. The molecule has 0 N–H and O–H groups in total. The largest absolute Gasteiger partial charge is 0.462 e. The molecule has 14 heavy (non-hydrogen) atoms. The Kier molecular flexibility index (Phi) is 1.67. The number of fused-ring (bicyclic) bond motifs is 1. The molecule has 0 aliphatic rings. The van der Waals surface area contributed by atoms with E-state index in [1.807, 2.05) is 24.5 Å². The first-order valence-electron chi connectivity index (χ1n) is 4.45. The summed E-state index contributed by atoms with van der Waals surface area (Å²) in [5, 5.41) is 3.28. The van der Waals surface area contributed by atoms with Gasteiger partial charge < -0.3 is 4.42 Å². The second-order valence-electron chi connectivity index (χ2n) is 3.14. The second-order valence-corrected chi connectivity index (χ2v) is 4.05. The van der Waals surface area contributed by atoms with Gasteiger partial charge in [0.1, 0.15) is 0 Å². The van der Waals surface area contributed by atoms with E-state index in [0.717, 1.165) is 11.3 Å². The van der Waals surface area contributed by atoms with E-state index in [9.17, 15) is 0 Å². The Bertz CT molecular complexity index is 548. The van der Waals surface area contributed by atoms with E-state index < -0.39 is 0 Å². The first kappa shape index (κ1) is 7.83. The highest BCUT2D eigenvalue weighted by Gasteiger charge is 2.08. The van der Waals surface area contributed by atoms with Crippen molar-refractivity contribution in [1.82, 2.24) is 0 Å². The lowest BCUT2D eigenvalue weighted by Crippen LogP contribution is -1.70. The van der Waals surface area contributed by atoms with Crippen molar-refractivity contribution in [3.05, 3.63) is 48.0 Å². The van der Waals surface area contributed by atoms with Gasteiger partial charge in [-0.15, -0.1) is 11.3 Å². The maximum atomic E-state index is 5.55. The maximum Gasteiger partial charge on any atom is 0.151 e. The van der Waals surface area contributed by atoms with E-state index in [1.54, 1.807) is 11.3 Å². The highest BCUT2D eigenvalue weighted by Crippen LogP contribution is 2.33. The monoisotopic (exact) mass is 200 g/mol. The van der Waals surface area contributed by atoms with Gasteiger partial charge in [-0.2, -0.15) is 0 Å². The van der Waals surface area contributed by atoms with Crippen LogP contribution in [0.5, 0.6) is 0 Å². The lowest BCUT2D eigenvalue weighted by molar-refractivity contribution is 0.587. The molecular weight excluding hydrogens is 192 g/mol. The van der Waals surface area contributed by atoms with E-state index in [4.69, 9.17) is 4.42 Å². The van der Waals surface area contributed by atoms with Crippen LogP contribution in [-0.4, -0.2) is 0 Å². The van der Waals surface area contributed by atoms with Gasteiger partial charge in [0.25, 0.3) is 0 Å². The van der Waals surface area contributed by atoms with Gasteiger partial charge in [0.05, 0.1) is 11.0 Å². The van der Waals surface area contributed by atoms with Gasteiger partial charge in [0.15, 0.2) is 5.76 Å². The summed E-state index contributed by atoms with van der Waals surface area (Å²) in [4.78, 5) is 0. The molecule has 0 saturated heterocycles. The molecule has 2 aromatic heterocycles. The second kappa shape index (κ2) is 3.00. The summed E-state index contributed by atoms with van der Waals surface area (Å²) in [7, 11) is 0. The zero-order valence-corrected chi connectivity index (χ0v) is 8.25. The molecule has 0 aliphatic carbocycles. The molecule has 0 fully saturated rings. The maximum absolute atomic E-state index is 5.55. The van der Waals surface area contributed by atoms with Crippen molar-refractivity contribution in [3.8, 4) is 11.3 Å². The molecule has 3 rings (SSSR count). The summed E-state index contributed by atoms with van der Waals surface area (Å²) in [6.45, 7) is 0. The van der Waals surface area contributed by atoms with Gasteiger partial charge in [0.2, 0.25) is 0 Å². The van der Waals surface area contributed by atoms with Gasteiger partial charge in [-0.3, -0.25) is 0 Å². The Hall–Kier alpha value is -1.54. The number of furan rings is 1. The van der Waals surface area contributed by atoms with Gasteiger partial charge >= 0.3 is 0 Å². The minimum atomic E-state index is 0.982. The molecule has 1 aromatic carbocycles. The van der Waals surface area contributed by atoms with Crippen molar-refractivity contribution in [2.75, 3.05) is 0 Å². The Morgan fingerprint density at radius 2 is 1.86 bits per heavy atom. The van der Waals surface area contributed by atoms with E-state index in [1.165, 1.54) is 10.1 Å². The number of rotatable bonds is 1. The molecule has 68 valence electrons. The minimum Gasteiger partial charge on any atom is -0.462 e. The van der Waals surface area contributed by atoms with Crippen LogP contribution in [0.2, 0.25) is 0 Å². The molecule has 0 amide bonds. The fraction of sp³-hybridized carbons (Fsp3) is 0. The van der Waals surface area contributed by atoms with Crippen LogP contribution >= 0.6 is 11.3 Å². The van der Waals surface area contributed by atoms with Crippen LogP contribution in [-0.2, 0) is 0 Å². The standard InChI is InChI=1S/C12H8OS/c1-2-4-9(5-3-1)11-12-10(8-13-11)6-7-14-12/h1-8H. The molecule has 0 atom stereocenters. The molecule has 2 heterocycles. The third-order valence-electron chi connectivity index (χ3n) is 2.24. The van der Waals surface area contributed by atoms with Crippen molar-refractivity contribution in [2.24, 2.45) is 0 Å². The zero-order valence-electron chi connectivity index (χ0n) is 7.44. The first-order chi connectivity index (χ1) is 6.95. The highest BCUT2D eigenvalue weighted by atomic mass is 32.1. The lowest BCUT2D eigenvalue weighted by atomic mass is 10.2. The van der Waals surface area contributed by atoms with Gasteiger partial charge in [-0.05, 0) is 11.4 Å². The van der Waals surface area contributed by atoms with Crippen LogP contribution in [0, 0.1) is 0 Å². The average Bonchev–Trinajstić information content (AvgIpc) is 2.79. The molecule has 0 unspecified atom stereocenters. The van der Waals surface area contributed by atoms with Crippen molar-refractivity contribution in [3.63, 3.8) is 0 Å². The van der Waals surface area contributed by atoms with Crippen LogP contribution in [0.15, 0.2) is 52.5 Å². The molecule has 0 bridgehead atoms. The summed E-state index contributed by atoms with van der Waals surface area (Å²) >= 11 is 1.72. The van der Waals surface area contributed by atoms with Crippen molar-refractivity contribution < 1.29 is 4.42 Å². The SMILES string of the molecule is c1ccc(-c2occ3ccsc23)cc1.